The summed E-state index contributed by atoms with van der Waals surface area (Å²) in [5.74, 6) is 0.699. The zero-order valence-corrected chi connectivity index (χ0v) is 16.9. The van der Waals surface area contributed by atoms with Gasteiger partial charge in [-0.25, -0.2) is 0 Å². The van der Waals surface area contributed by atoms with Crippen molar-refractivity contribution in [3.8, 4) is 11.5 Å². The highest BCUT2D eigenvalue weighted by Gasteiger charge is 2.35. The Morgan fingerprint density at radius 3 is 2.77 bits per heavy atom. The number of aromatic nitrogens is 2. The Morgan fingerprint density at radius 2 is 1.94 bits per heavy atom. The van der Waals surface area contributed by atoms with Gasteiger partial charge in [-0.15, -0.1) is 0 Å². The largest absolute Gasteiger partial charge is 0.454 e. The smallest absolute Gasteiger partial charge is 0.231 e. The minimum Gasteiger partial charge on any atom is -0.454 e. The van der Waals surface area contributed by atoms with E-state index in [1.54, 1.807) is 23.2 Å². The molecule has 0 radical (unpaired) electrons. The van der Waals surface area contributed by atoms with Crippen molar-refractivity contribution in [1.82, 2.24) is 15.1 Å². The molecule has 0 saturated carbocycles. The number of amides is 2. The van der Waals surface area contributed by atoms with Gasteiger partial charge in [0.1, 0.15) is 0 Å². The summed E-state index contributed by atoms with van der Waals surface area (Å²) >= 11 is 0. The molecule has 2 aliphatic heterocycles. The second-order valence-corrected chi connectivity index (χ2v) is 7.63. The fourth-order valence-corrected chi connectivity index (χ4v) is 3.97. The van der Waals surface area contributed by atoms with E-state index in [2.05, 4.69) is 10.4 Å². The van der Waals surface area contributed by atoms with Gasteiger partial charge in [-0.3, -0.25) is 14.3 Å². The highest BCUT2D eigenvalue weighted by Crippen LogP contribution is 2.37. The molecule has 1 atom stereocenters. The number of nitrogens with zero attached hydrogens (tertiary/aromatic N) is 3. The Hall–Kier alpha value is -3.81. The molecule has 3 heterocycles. The van der Waals surface area contributed by atoms with Gasteiger partial charge in [0.05, 0.1) is 12.5 Å². The molecule has 0 aliphatic carbocycles. The Kier molecular flexibility index (Phi) is 5.03. The van der Waals surface area contributed by atoms with Crippen molar-refractivity contribution in [3.63, 3.8) is 0 Å². The molecule has 1 unspecified atom stereocenters. The number of carbonyl (C=O) groups is 2. The summed E-state index contributed by atoms with van der Waals surface area (Å²) in [5, 5.41) is 7.25. The number of hydrogen-bond acceptors (Lipinski definition) is 5. The minimum atomic E-state index is -0.392. The number of hydrogen-bond donors (Lipinski definition) is 1. The van der Waals surface area contributed by atoms with E-state index >= 15 is 0 Å². The zero-order valence-electron chi connectivity index (χ0n) is 16.9. The zero-order chi connectivity index (χ0) is 21.2. The Labute approximate surface area is 179 Å². The highest BCUT2D eigenvalue weighted by molar-refractivity contribution is 6.00. The summed E-state index contributed by atoms with van der Waals surface area (Å²) in [4.78, 5) is 27.0. The maximum absolute atomic E-state index is 12.8. The molecule has 1 fully saturated rings. The standard InChI is InChI=1S/C23H22N4O4/c28-22-10-18(14-27(22)19-6-7-20-21(11-19)31-15-30-20)23(29)24-12-16-4-1-2-5-17(16)13-26-9-3-8-25-26/h1-9,11,18H,10,12-15H2,(H,24,29). The van der Waals surface area contributed by atoms with Crippen LogP contribution in [0.25, 0.3) is 0 Å². The van der Waals surface area contributed by atoms with Crippen LogP contribution in [0, 0.1) is 5.92 Å². The van der Waals surface area contributed by atoms with Crippen LogP contribution < -0.4 is 19.7 Å². The average Bonchev–Trinajstić information content (AvgIpc) is 3.53. The van der Waals surface area contributed by atoms with Gasteiger partial charge < -0.3 is 19.7 Å². The molecule has 0 spiro atoms. The van der Waals surface area contributed by atoms with Gasteiger partial charge in [-0.2, -0.15) is 5.10 Å². The van der Waals surface area contributed by atoms with Crippen LogP contribution in [0.2, 0.25) is 0 Å². The molecule has 5 rings (SSSR count). The molecular weight excluding hydrogens is 396 g/mol. The molecule has 31 heavy (non-hydrogen) atoms. The van der Waals surface area contributed by atoms with Gasteiger partial charge in [0.25, 0.3) is 0 Å². The van der Waals surface area contributed by atoms with E-state index in [0.29, 0.717) is 36.8 Å². The third kappa shape index (κ3) is 3.96. The predicted octanol–water partition coefficient (Wildman–Crippen LogP) is 2.33. The van der Waals surface area contributed by atoms with Crippen LogP contribution in [-0.2, 0) is 22.7 Å². The Bertz CT molecular complexity index is 1110. The summed E-state index contributed by atoms with van der Waals surface area (Å²) in [6.07, 6.45) is 3.84. The molecule has 2 amide bonds. The van der Waals surface area contributed by atoms with Crippen LogP contribution in [-0.4, -0.2) is 34.9 Å². The lowest BCUT2D eigenvalue weighted by Gasteiger charge is -2.17. The van der Waals surface area contributed by atoms with Crippen LogP contribution in [0.1, 0.15) is 17.5 Å². The fraction of sp³-hybridized carbons (Fsp3) is 0.261. The quantitative estimate of drug-likeness (QED) is 0.664. The van der Waals surface area contributed by atoms with Crippen LogP contribution in [0.4, 0.5) is 5.69 Å². The van der Waals surface area contributed by atoms with Crippen molar-refractivity contribution in [2.45, 2.75) is 19.5 Å². The maximum Gasteiger partial charge on any atom is 0.231 e. The number of nitrogens with one attached hydrogen (secondary N) is 1. The van der Waals surface area contributed by atoms with Crippen molar-refractivity contribution in [2.24, 2.45) is 5.92 Å². The van der Waals surface area contributed by atoms with Crippen molar-refractivity contribution >= 4 is 17.5 Å². The molecule has 2 aliphatic rings. The van der Waals surface area contributed by atoms with E-state index < -0.39 is 5.92 Å². The molecule has 158 valence electrons. The second-order valence-electron chi connectivity index (χ2n) is 7.63. The number of ether oxygens (including phenoxy) is 2. The van der Waals surface area contributed by atoms with Gasteiger partial charge in [-0.05, 0) is 29.3 Å². The van der Waals surface area contributed by atoms with Crippen molar-refractivity contribution in [1.29, 1.82) is 0 Å². The summed E-state index contributed by atoms with van der Waals surface area (Å²) in [5.41, 5.74) is 2.84. The van der Waals surface area contributed by atoms with Gasteiger partial charge in [0.2, 0.25) is 18.6 Å². The van der Waals surface area contributed by atoms with E-state index in [0.717, 1.165) is 11.1 Å². The third-order valence-corrected chi connectivity index (χ3v) is 5.63. The lowest BCUT2D eigenvalue weighted by molar-refractivity contribution is -0.126. The number of carbonyl (C=O) groups excluding carboxylic acids is 2. The summed E-state index contributed by atoms with van der Waals surface area (Å²) < 4.78 is 12.6. The van der Waals surface area contributed by atoms with Crippen molar-refractivity contribution < 1.29 is 19.1 Å². The van der Waals surface area contributed by atoms with Crippen molar-refractivity contribution in [3.05, 3.63) is 72.1 Å². The molecule has 0 bridgehead atoms. The SMILES string of the molecule is O=C(NCc1ccccc1Cn1cccn1)C1CC(=O)N(c2ccc3c(c2)OCO3)C1. The van der Waals surface area contributed by atoms with Gasteiger partial charge in [-0.1, -0.05) is 24.3 Å². The first-order valence-electron chi connectivity index (χ1n) is 10.2. The van der Waals surface area contributed by atoms with Crippen LogP contribution in [0.5, 0.6) is 11.5 Å². The number of benzene rings is 2. The fourth-order valence-electron chi connectivity index (χ4n) is 3.97. The minimum absolute atomic E-state index is 0.0712. The summed E-state index contributed by atoms with van der Waals surface area (Å²) in [6, 6.07) is 15.2. The van der Waals surface area contributed by atoms with Gasteiger partial charge in [0.15, 0.2) is 11.5 Å². The van der Waals surface area contributed by atoms with Gasteiger partial charge >= 0.3 is 0 Å². The third-order valence-electron chi connectivity index (χ3n) is 5.63. The molecule has 8 heteroatoms. The molecular formula is C23H22N4O4. The molecule has 8 nitrogen and oxygen atoms in total. The molecule has 1 saturated heterocycles. The monoisotopic (exact) mass is 418 g/mol. The highest BCUT2D eigenvalue weighted by atomic mass is 16.7. The topological polar surface area (TPSA) is 85.7 Å². The average molecular weight is 418 g/mol. The van der Waals surface area contributed by atoms with E-state index in [9.17, 15) is 9.59 Å². The maximum atomic E-state index is 12.8. The number of rotatable bonds is 6. The summed E-state index contributed by atoms with van der Waals surface area (Å²) in [7, 11) is 0. The summed E-state index contributed by atoms with van der Waals surface area (Å²) in [6.45, 7) is 1.57. The van der Waals surface area contributed by atoms with E-state index in [1.165, 1.54) is 0 Å². The van der Waals surface area contributed by atoms with Crippen LogP contribution in [0.15, 0.2) is 60.9 Å². The Balaban J connectivity index is 1.22. The lowest BCUT2D eigenvalue weighted by atomic mass is 10.1. The van der Waals surface area contributed by atoms with Crippen LogP contribution >= 0.6 is 0 Å². The lowest BCUT2D eigenvalue weighted by Crippen LogP contribution is -2.32. The second kappa shape index (κ2) is 8.14. The van der Waals surface area contributed by atoms with Crippen molar-refractivity contribution in [2.75, 3.05) is 18.2 Å². The molecule has 1 N–H and O–H groups in total. The molecule has 1 aromatic heterocycles. The predicted molar refractivity (Wildman–Crippen MR) is 113 cm³/mol. The first-order valence-corrected chi connectivity index (χ1v) is 10.2. The van der Waals surface area contributed by atoms with Crippen LogP contribution in [0.3, 0.4) is 0 Å². The normalized spacial score (nSPS) is 17.2. The van der Waals surface area contributed by atoms with E-state index in [4.69, 9.17) is 9.47 Å². The number of anilines is 1. The first-order chi connectivity index (χ1) is 15.2. The molecule has 3 aromatic rings. The van der Waals surface area contributed by atoms with E-state index in [-0.39, 0.29) is 25.0 Å². The molecule has 2 aromatic carbocycles. The Morgan fingerprint density at radius 1 is 1.10 bits per heavy atom. The first kappa shape index (κ1) is 19.2. The van der Waals surface area contributed by atoms with Gasteiger partial charge in [0, 0.05) is 43.7 Å². The van der Waals surface area contributed by atoms with E-state index in [1.807, 2.05) is 47.3 Å². The number of fused-ring (bicyclic) bond motifs is 1.